The molecule has 2 amide bonds. The van der Waals surface area contributed by atoms with Crippen molar-refractivity contribution in [2.75, 3.05) is 19.0 Å². The summed E-state index contributed by atoms with van der Waals surface area (Å²) in [4.78, 5) is 29.7. The Labute approximate surface area is 229 Å². The van der Waals surface area contributed by atoms with Crippen LogP contribution in [0.3, 0.4) is 0 Å². The van der Waals surface area contributed by atoms with Gasteiger partial charge in [-0.2, -0.15) is 10.1 Å². The van der Waals surface area contributed by atoms with Crippen molar-refractivity contribution >= 4 is 40.1 Å². The lowest BCUT2D eigenvalue weighted by Gasteiger charge is -2.23. The van der Waals surface area contributed by atoms with Crippen molar-refractivity contribution in [3.63, 3.8) is 0 Å². The number of hydrogen-bond donors (Lipinski definition) is 1. The molecular weight excluding hydrogens is 519 g/mol. The molecule has 0 unspecified atom stereocenters. The van der Waals surface area contributed by atoms with Crippen LogP contribution in [0.15, 0.2) is 82.9 Å². The summed E-state index contributed by atoms with van der Waals surface area (Å²) in [6.07, 6.45) is 0.362. The Hall–Kier alpha value is -4.18. The molecule has 0 spiro atoms. The van der Waals surface area contributed by atoms with Crippen LogP contribution in [-0.4, -0.2) is 46.7 Å². The Bertz CT molecular complexity index is 1430. The van der Waals surface area contributed by atoms with E-state index in [1.54, 1.807) is 54.6 Å². The third kappa shape index (κ3) is 5.96. The maximum absolute atomic E-state index is 14.9. The van der Waals surface area contributed by atoms with E-state index in [-0.39, 0.29) is 18.1 Å². The van der Waals surface area contributed by atoms with E-state index in [0.717, 1.165) is 11.3 Å². The maximum Gasteiger partial charge on any atom is 0.262 e. The van der Waals surface area contributed by atoms with Gasteiger partial charge >= 0.3 is 0 Å². The van der Waals surface area contributed by atoms with E-state index in [9.17, 15) is 14.0 Å². The van der Waals surface area contributed by atoms with Gasteiger partial charge in [-0.3, -0.25) is 9.59 Å². The average molecular weight is 547 g/mol. The number of aliphatic imine (C=N–C) groups is 1. The zero-order valence-electron chi connectivity index (χ0n) is 21.5. The van der Waals surface area contributed by atoms with Crippen LogP contribution in [0.4, 0.5) is 10.1 Å². The van der Waals surface area contributed by atoms with Crippen LogP contribution >= 0.6 is 11.8 Å². The topological polar surface area (TPSA) is 92.6 Å². The molecule has 2 aliphatic heterocycles. The van der Waals surface area contributed by atoms with Gasteiger partial charge in [0.2, 0.25) is 5.91 Å². The number of amidine groups is 1. The number of amides is 2. The van der Waals surface area contributed by atoms with Gasteiger partial charge in [0.25, 0.3) is 5.91 Å². The van der Waals surface area contributed by atoms with Gasteiger partial charge in [0, 0.05) is 24.1 Å². The zero-order chi connectivity index (χ0) is 27.4. The molecule has 3 aromatic rings. The van der Waals surface area contributed by atoms with Crippen LogP contribution in [0.5, 0.6) is 11.5 Å². The average Bonchev–Trinajstić information content (AvgIpc) is 3.54. The van der Waals surface area contributed by atoms with Crippen molar-refractivity contribution < 1.29 is 23.5 Å². The predicted molar refractivity (Wildman–Crippen MR) is 150 cm³/mol. The van der Waals surface area contributed by atoms with Gasteiger partial charge in [-0.05, 0) is 67.1 Å². The van der Waals surface area contributed by atoms with E-state index in [2.05, 4.69) is 10.3 Å². The molecule has 5 rings (SSSR count). The Kier molecular flexibility index (Phi) is 7.92. The number of carbonyl (C=O) groups is 2. The molecule has 0 saturated heterocycles. The minimum Gasteiger partial charge on any atom is -0.497 e. The number of hydrogen-bond acceptors (Lipinski definition) is 7. The Morgan fingerprint density at radius 3 is 2.49 bits per heavy atom. The predicted octanol–water partition coefficient (Wildman–Crippen LogP) is 5.41. The summed E-state index contributed by atoms with van der Waals surface area (Å²) < 4.78 is 25.5. The summed E-state index contributed by atoms with van der Waals surface area (Å²) in [5.41, 5.74) is 2.66. The van der Waals surface area contributed by atoms with Crippen molar-refractivity contribution in [2.24, 2.45) is 10.1 Å². The van der Waals surface area contributed by atoms with Crippen LogP contribution < -0.4 is 14.8 Å². The number of rotatable bonds is 8. The van der Waals surface area contributed by atoms with Crippen molar-refractivity contribution in [3.05, 3.63) is 89.7 Å². The van der Waals surface area contributed by atoms with Gasteiger partial charge in [0.15, 0.2) is 5.17 Å². The molecule has 0 aromatic heterocycles. The highest BCUT2D eigenvalue weighted by atomic mass is 32.2. The van der Waals surface area contributed by atoms with Crippen LogP contribution in [0, 0.1) is 5.82 Å². The molecule has 0 saturated carbocycles. The zero-order valence-corrected chi connectivity index (χ0v) is 22.3. The van der Waals surface area contributed by atoms with Crippen molar-refractivity contribution in [2.45, 2.75) is 31.1 Å². The number of carbonyl (C=O) groups excluding carboxylic acids is 2. The lowest BCUT2D eigenvalue weighted by molar-refractivity contribution is -0.121. The highest BCUT2D eigenvalue weighted by Crippen LogP contribution is 2.39. The van der Waals surface area contributed by atoms with E-state index in [0.29, 0.717) is 40.9 Å². The molecule has 3 aromatic carbocycles. The van der Waals surface area contributed by atoms with Gasteiger partial charge in [-0.1, -0.05) is 30.0 Å². The van der Waals surface area contributed by atoms with Gasteiger partial charge < -0.3 is 14.8 Å². The first-order valence-electron chi connectivity index (χ1n) is 12.5. The SMILES string of the molecule is CCOc1ccc(NC(=O)C[C@@H]2SC(N3N=C(c4ccc(OC)cc4)C[C@H]3c3ccccc3F)=NC2=O)cc1. The molecule has 0 bridgehead atoms. The molecule has 0 fully saturated rings. The summed E-state index contributed by atoms with van der Waals surface area (Å²) >= 11 is 1.17. The second kappa shape index (κ2) is 11.7. The van der Waals surface area contributed by atoms with E-state index < -0.39 is 17.2 Å². The molecule has 2 atom stereocenters. The molecule has 10 heteroatoms. The van der Waals surface area contributed by atoms with Crippen LogP contribution in [-0.2, 0) is 9.59 Å². The molecule has 0 radical (unpaired) electrons. The van der Waals surface area contributed by atoms with Gasteiger partial charge in [-0.15, -0.1) is 0 Å². The minimum absolute atomic E-state index is 0.0586. The molecule has 2 heterocycles. The summed E-state index contributed by atoms with van der Waals surface area (Å²) in [5, 5.41) is 8.81. The first-order valence-corrected chi connectivity index (χ1v) is 13.4. The van der Waals surface area contributed by atoms with Crippen molar-refractivity contribution in [1.82, 2.24) is 5.01 Å². The molecule has 8 nitrogen and oxygen atoms in total. The fourth-order valence-corrected chi connectivity index (χ4v) is 5.48. The standard InChI is InChI=1S/C29H27FN4O4S/c1-3-38-21-14-10-19(11-15-21)31-27(35)17-26-28(36)32-29(39-26)34-25(22-6-4-5-7-23(22)30)16-24(33-34)18-8-12-20(37-2)13-9-18/h4-15,25-26H,3,16-17H2,1-2H3,(H,31,35)/t25-,26-/m0/s1. The number of nitrogens with one attached hydrogen (secondary N) is 1. The maximum atomic E-state index is 14.9. The highest BCUT2D eigenvalue weighted by molar-refractivity contribution is 8.15. The molecule has 1 N–H and O–H groups in total. The van der Waals surface area contributed by atoms with E-state index >= 15 is 0 Å². The summed E-state index contributed by atoms with van der Waals surface area (Å²) in [6, 6.07) is 20.5. The normalized spacial score (nSPS) is 18.5. The number of methoxy groups -OCH3 is 1. The second-order valence-electron chi connectivity index (χ2n) is 8.91. The van der Waals surface area contributed by atoms with Crippen molar-refractivity contribution in [1.29, 1.82) is 0 Å². The molecule has 200 valence electrons. The summed E-state index contributed by atoms with van der Waals surface area (Å²) in [5.74, 6) is 0.334. The molecular formula is C29H27FN4O4S. The third-order valence-corrected chi connectivity index (χ3v) is 7.48. The first-order chi connectivity index (χ1) is 18.9. The molecule has 0 aliphatic carbocycles. The largest absolute Gasteiger partial charge is 0.497 e. The monoisotopic (exact) mass is 546 g/mol. The highest BCUT2D eigenvalue weighted by Gasteiger charge is 2.39. The minimum atomic E-state index is -0.704. The van der Waals surface area contributed by atoms with Gasteiger partial charge in [-0.25, -0.2) is 9.40 Å². The lowest BCUT2D eigenvalue weighted by Crippen LogP contribution is -2.25. The number of hydrazone groups is 1. The third-order valence-electron chi connectivity index (χ3n) is 6.34. The second-order valence-corrected chi connectivity index (χ2v) is 10.1. The Morgan fingerprint density at radius 1 is 1.08 bits per heavy atom. The number of nitrogens with zero attached hydrogens (tertiary/aromatic N) is 3. The van der Waals surface area contributed by atoms with E-state index in [1.165, 1.54) is 17.8 Å². The van der Waals surface area contributed by atoms with Gasteiger partial charge in [0.1, 0.15) is 22.6 Å². The van der Waals surface area contributed by atoms with Crippen molar-refractivity contribution in [3.8, 4) is 11.5 Å². The summed E-state index contributed by atoms with van der Waals surface area (Å²) in [7, 11) is 1.60. The number of ether oxygens (including phenoxy) is 2. The molecule has 2 aliphatic rings. The number of thioether (sulfide) groups is 1. The van der Waals surface area contributed by atoms with Crippen LogP contribution in [0.25, 0.3) is 0 Å². The smallest absolute Gasteiger partial charge is 0.262 e. The van der Waals surface area contributed by atoms with Crippen LogP contribution in [0.2, 0.25) is 0 Å². The lowest BCUT2D eigenvalue weighted by atomic mass is 9.98. The van der Waals surface area contributed by atoms with Crippen LogP contribution in [0.1, 0.15) is 36.9 Å². The number of benzene rings is 3. The first kappa shape index (κ1) is 26.4. The Balaban J connectivity index is 1.32. The quantitative estimate of drug-likeness (QED) is 0.406. The Morgan fingerprint density at radius 2 is 1.79 bits per heavy atom. The fraction of sp³-hybridized carbons (Fsp3) is 0.241. The molecule has 39 heavy (non-hydrogen) atoms. The van der Waals surface area contributed by atoms with E-state index in [1.807, 2.05) is 31.2 Å². The summed E-state index contributed by atoms with van der Waals surface area (Å²) in [6.45, 7) is 2.45. The van der Waals surface area contributed by atoms with Gasteiger partial charge in [0.05, 0.1) is 25.5 Å². The van der Waals surface area contributed by atoms with E-state index in [4.69, 9.17) is 14.6 Å². The number of anilines is 1. The number of halogens is 1. The fourth-order valence-electron chi connectivity index (χ4n) is 4.42.